The lowest BCUT2D eigenvalue weighted by Gasteiger charge is -2.37. The Bertz CT molecular complexity index is 730. The van der Waals surface area contributed by atoms with Gasteiger partial charge in [0.05, 0.1) is 12.5 Å². The predicted octanol–water partition coefficient (Wildman–Crippen LogP) is 4.63. The summed E-state index contributed by atoms with van der Waals surface area (Å²) >= 11 is 0. The van der Waals surface area contributed by atoms with Crippen molar-refractivity contribution in [1.82, 2.24) is 4.90 Å². The molecule has 0 radical (unpaired) electrons. The Morgan fingerprint density at radius 2 is 1.85 bits per heavy atom. The van der Waals surface area contributed by atoms with Crippen LogP contribution in [0.3, 0.4) is 0 Å². The third-order valence-corrected chi connectivity index (χ3v) is 5.11. The van der Waals surface area contributed by atoms with Crippen molar-refractivity contribution in [2.24, 2.45) is 11.8 Å². The molecule has 3 rings (SSSR count). The lowest BCUT2D eigenvalue weighted by molar-refractivity contribution is -0.152. The number of ether oxygens (including phenoxy) is 1. The average molecular weight is 369 g/mol. The molecule has 0 bridgehead atoms. The lowest BCUT2D eigenvalue weighted by atomic mass is 9.80. The summed E-state index contributed by atoms with van der Waals surface area (Å²) in [5, 5.41) is 0. The zero-order valence-corrected chi connectivity index (χ0v) is 16.1. The maximum atomic E-state index is 13.3. The number of hydrogen-bond acceptors (Lipinski definition) is 3. The van der Waals surface area contributed by atoms with E-state index in [2.05, 4.69) is 17.0 Å². The molecule has 0 N–H and O–H groups in total. The first-order chi connectivity index (χ1) is 13.0. The molecule has 4 heteroatoms. The third kappa shape index (κ3) is 5.39. The van der Waals surface area contributed by atoms with Gasteiger partial charge in [0.2, 0.25) is 0 Å². The van der Waals surface area contributed by atoms with Crippen LogP contribution in [0.15, 0.2) is 54.6 Å². The zero-order valence-electron chi connectivity index (χ0n) is 16.1. The minimum absolute atomic E-state index is 0.0669. The minimum atomic E-state index is -0.251. The van der Waals surface area contributed by atoms with E-state index in [1.54, 1.807) is 12.1 Å². The van der Waals surface area contributed by atoms with Gasteiger partial charge in [0.25, 0.3) is 0 Å². The molecule has 2 atom stereocenters. The fourth-order valence-electron chi connectivity index (χ4n) is 3.71. The Labute approximate surface area is 161 Å². The minimum Gasteiger partial charge on any atom is -0.465 e. The summed E-state index contributed by atoms with van der Waals surface area (Å²) < 4.78 is 18.9. The van der Waals surface area contributed by atoms with Crippen molar-refractivity contribution in [3.63, 3.8) is 0 Å². The average Bonchev–Trinajstić information content (AvgIpc) is 2.67. The van der Waals surface area contributed by atoms with E-state index in [1.807, 2.05) is 32.0 Å². The molecule has 0 unspecified atom stereocenters. The van der Waals surface area contributed by atoms with E-state index in [1.165, 1.54) is 17.7 Å². The van der Waals surface area contributed by atoms with Gasteiger partial charge in [0.1, 0.15) is 5.82 Å². The zero-order chi connectivity index (χ0) is 19.2. The summed E-state index contributed by atoms with van der Waals surface area (Å²) in [5.74, 6) is -0.249. The van der Waals surface area contributed by atoms with Crippen LogP contribution in [-0.4, -0.2) is 30.6 Å². The van der Waals surface area contributed by atoms with Gasteiger partial charge in [-0.05, 0) is 48.1 Å². The Hall–Kier alpha value is -2.20. The Morgan fingerprint density at radius 1 is 1.15 bits per heavy atom. The van der Waals surface area contributed by atoms with E-state index in [4.69, 9.17) is 4.74 Å². The highest BCUT2D eigenvalue weighted by Gasteiger charge is 2.36. The van der Waals surface area contributed by atoms with Crippen LogP contribution in [0.4, 0.5) is 4.39 Å². The maximum Gasteiger partial charge on any atom is 0.310 e. The van der Waals surface area contributed by atoms with Crippen molar-refractivity contribution in [2.45, 2.75) is 32.7 Å². The number of piperidine rings is 1. The largest absolute Gasteiger partial charge is 0.465 e. The summed E-state index contributed by atoms with van der Waals surface area (Å²) in [6.07, 6.45) is 0.861. The lowest BCUT2D eigenvalue weighted by Crippen LogP contribution is -2.43. The Kier molecular flexibility index (Phi) is 6.62. The first-order valence-corrected chi connectivity index (χ1v) is 9.71. The smallest absolute Gasteiger partial charge is 0.310 e. The number of benzene rings is 2. The van der Waals surface area contributed by atoms with Gasteiger partial charge >= 0.3 is 5.97 Å². The molecule has 0 saturated carbocycles. The van der Waals surface area contributed by atoms with Gasteiger partial charge in [-0.15, -0.1) is 0 Å². The van der Waals surface area contributed by atoms with Crippen LogP contribution in [0.25, 0.3) is 0 Å². The van der Waals surface area contributed by atoms with E-state index < -0.39 is 0 Å². The van der Waals surface area contributed by atoms with Gasteiger partial charge in [-0.1, -0.05) is 56.3 Å². The SMILES string of the molecule is CC(C)COC(=O)[C@@H]1CN(Cc2ccccc2)CC[C@H]1c1ccc(F)cc1. The van der Waals surface area contributed by atoms with E-state index in [-0.39, 0.29) is 23.6 Å². The van der Waals surface area contributed by atoms with E-state index in [0.29, 0.717) is 19.1 Å². The standard InChI is InChI=1S/C23H28FNO2/c1-17(2)16-27-23(26)22-15-25(14-18-6-4-3-5-7-18)13-12-21(22)19-8-10-20(24)11-9-19/h3-11,17,21-22H,12-16H2,1-2H3/t21-,22+/m0/s1. The molecule has 2 aromatic rings. The second-order valence-corrected chi connectivity index (χ2v) is 7.80. The van der Waals surface area contributed by atoms with Gasteiger partial charge < -0.3 is 4.74 Å². The molecule has 0 aliphatic carbocycles. The van der Waals surface area contributed by atoms with Crippen LogP contribution >= 0.6 is 0 Å². The van der Waals surface area contributed by atoms with Crippen molar-refractivity contribution >= 4 is 5.97 Å². The number of hydrogen-bond donors (Lipinski definition) is 0. The molecule has 1 fully saturated rings. The Balaban J connectivity index is 1.75. The normalized spacial score (nSPS) is 20.6. The molecule has 2 aromatic carbocycles. The van der Waals surface area contributed by atoms with E-state index in [9.17, 15) is 9.18 Å². The molecule has 0 spiro atoms. The molecule has 144 valence electrons. The fourth-order valence-corrected chi connectivity index (χ4v) is 3.71. The van der Waals surface area contributed by atoms with Gasteiger partial charge in [0.15, 0.2) is 0 Å². The van der Waals surface area contributed by atoms with Crippen molar-refractivity contribution in [3.8, 4) is 0 Å². The van der Waals surface area contributed by atoms with Crippen molar-refractivity contribution in [3.05, 3.63) is 71.5 Å². The molecule has 1 aliphatic rings. The van der Waals surface area contributed by atoms with Crippen molar-refractivity contribution in [2.75, 3.05) is 19.7 Å². The molecular formula is C23H28FNO2. The number of esters is 1. The monoisotopic (exact) mass is 369 g/mol. The summed E-state index contributed by atoms with van der Waals surface area (Å²) in [6.45, 7) is 6.90. The summed E-state index contributed by atoms with van der Waals surface area (Å²) in [7, 11) is 0. The predicted molar refractivity (Wildman–Crippen MR) is 105 cm³/mol. The number of halogens is 1. The molecule has 1 aliphatic heterocycles. The van der Waals surface area contributed by atoms with Crippen LogP contribution < -0.4 is 0 Å². The van der Waals surface area contributed by atoms with E-state index in [0.717, 1.165) is 25.1 Å². The second kappa shape index (κ2) is 9.14. The molecule has 3 nitrogen and oxygen atoms in total. The van der Waals surface area contributed by atoms with Gasteiger partial charge in [-0.25, -0.2) is 4.39 Å². The van der Waals surface area contributed by atoms with Gasteiger partial charge in [0, 0.05) is 13.1 Å². The van der Waals surface area contributed by atoms with Crippen LogP contribution in [0.2, 0.25) is 0 Å². The number of likely N-dealkylation sites (tertiary alicyclic amines) is 1. The maximum absolute atomic E-state index is 13.3. The fraction of sp³-hybridized carbons (Fsp3) is 0.435. The highest BCUT2D eigenvalue weighted by molar-refractivity contribution is 5.74. The highest BCUT2D eigenvalue weighted by Crippen LogP contribution is 2.34. The summed E-state index contributed by atoms with van der Waals surface area (Å²) in [5.41, 5.74) is 2.26. The topological polar surface area (TPSA) is 29.5 Å². The molecule has 0 amide bonds. The first-order valence-electron chi connectivity index (χ1n) is 9.71. The van der Waals surface area contributed by atoms with E-state index >= 15 is 0 Å². The van der Waals surface area contributed by atoms with Crippen molar-refractivity contribution < 1.29 is 13.9 Å². The third-order valence-electron chi connectivity index (χ3n) is 5.11. The van der Waals surface area contributed by atoms with Gasteiger partial charge in [-0.3, -0.25) is 9.69 Å². The quantitative estimate of drug-likeness (QED) is 0.695. The van der Waals surface area contributed by atoms with Crippen LogP contribution in [0.5, 0.6) is 0 Å². The number of carbonyl (C=O) groups is 1. The van der Waals surface area contributed by atoms with Crippen LogP contribution in [0.1, 0.15) is 37.3 Å². The van der Waals surface area contributed by atoms with Gasteiger partial charge in [-0.2, -0.15) is 0 Å². The molecule has 27 heavy (non-hydrogen) atoms. The highest BCUT2D eigenvalue weighted by atomic mass is 19.1. The molecule has 0 aromatic heterocycles. The number of carbonyl (C=O) groups excluding carboxylic acids is 1. The van der Waals surface area contributed by atoms with Crippen LogP contribution in [-0.2, 0) is 16.1 Å². The molecule has 1 saturated heterocycles. The number of rotatable bonds is 6. The summed E-state index contributed by atoms with van der Waals surface area (Å²) in [6, 6.07) is 16.9. The second-order valence-electron chi connectivity index (χ2n) is 7.80. The molecular weight excluding hydrogens is 341 g/mol. The first kappa shape index (κ1) is 19.6. The summed E-state index contributed by atoms with van der Waals surface area (Å²) in [4.78, 5) is 15.1. The number of nitrogens with zero attached hydrogens (tertiary/aromatic N) is 1. The van der Waals surface area contributed by atoms with Crippen LogP contribution in [0, 0.1) is 17.7 Å². The van der Waals surface area contributed by atoms with Crippen molar-refractivity contribution in [1.29, 1.82) is 0 Å². The Morgan fingerprint density at radius 3 is 2.52 bits per heavy atom. The molecule has 1 heterocycles.